The Morgan fingerprint density at radius 3 is 1.63 bits per heavy atom. The minimum Gasteiger partial charge on any atom is -0.504 e. The highest BCUT2D eigenvalue weighted by atomic mass is 16.4. The molecule has 0 unspecified atom stereocenters. The molecule has 0 amide bonds. The quantitative estimate of drug-likeness (QED) is 0.0841. The lowest BCUT2D eigenvalue weighted by molar-refractivity contribution is 0.329. The summed E-state index contributed by atoms with van der Waals surface area (Å²) in [6.07, 6.45) is 0. The molecule has 0 atom stereocenters. The Morgan fingerprint density at radius 2 is 0.935 bits per heavy atom. The number of nitrogens with zero attached hydrogens (tertiary/aromatic N) is 5. The summed E-state index contributed by atoms with van der Waals surface area (Å²) in [5, 5.41) is 58.9. The summed E-state index contributed by atoms with van der Waals surface area (Å²) in [4.78, 5) is 13.8. The van der Waals surface area contributed by atoms with Gasteiger partial charge in [-0.1, -0.05) is 97.1 Å². The van der Waals surface area contributed by atoms with E-state index in [4.69, 9.17) is 9.40 Å². The SMILES string of the molecule is Oc1c(O)c(O)c(-c2nc(-c3ccccc3)nc(-c3ccc4c(c3)oc3ccc(-n5c6ccccc6c6c(-n7c8ccccc8c8ccccc87)cccc65)cc34)n2)c(O)c1O. The van der Waals surface area contributed by atoms with E-state index >= 15 is 0 Å². The van der Waals surface area contributed by atoms with Crippen LogP contribution in [0, 0.1) is 0 Å². The monoisotopic (exact) mass is 809 g/mol. The van der Waals surface area contributed by atoms with E-state index in [1.807, 2.05) is 42.5 Å². The second-order valence-electron chi connectivity index (χ2n) is 15.2. The van der Waals surface area contributed by atoms with Gasteiger partial charge in [-0.3, -0.25) is 0 Å². The average Bonchev–Trinajstić information content (AvgIpc) is 3.98. The van der Waals surface area contributed by atoms with Gasteiger partial charge < -0.3 is 39.1 Å². The first-order valence-corrected chi connectivity index (χ1v) is 19.8. The maximum absolute atomic E-state index is 10.8. The predicted molar refractivity (Wildman–Crippen MR) is 240 cm³/mol. The molecule has 0 aliphatic carbocycles. The number of aromatic hydroxyl groups is 5. The van der Waals surface area contributed by atoms with Crippen molar-refractivity contribution < 1.29 is 29.9 Å². The van der Waals surface area contributed by atoms with E-state index in [-0.39, 0.29) is 17.5 Å². The van der Waals surface area contributed by atoms with E-state index < -0.39 is 34.3 Å². The van der Waals surface area contributed by atoms with Crippen LogP contribution in [0.5, 0.6) is 28.7 Å². The molecule has 8 aromatic carbocycles. The van der Waals surface area contributed by atoms with Crippen LogP contribution in [0.25, 0.3) is 111 Å². The highest BCUT2D eigenvalue weighted by Crippen LogP contribution is 2.54. The summed E-state index contributed by atoms with van der Waals surface area (Å²) in [6.45, 7) is 0. The van der Waals surface area contributed by atoms with E-state index in [0.717, 1.165) is 55.0 Å². The molecule has 5 N–H and O–H groups in total. The number of rotatable bonds is 5. The van der Waals surface area contributed by atoms with Crippen LogP contribution in [0.2, 0.25) is 0 Å². The molecule has 4 aromatic heterocycles. The van der Waals surface area contributed by atoms with Gasteiger partial charge in [-0.25, -0.2) is 15.0 Å². The molecule has 0 fully saturated rings. The van der Waals surface area contributed by atoms with Crippen LogP contribution < -0.4 is 0 Å². The van der Waals surface area contributed by atoms with E-state index in [2.05, 4.69) is 122 Å². The first-order valence-electron chi connectivity index (χ1n) is 19.8. The molecular formula is C51H31N5O6. The number of furan rings is 1. The first-order chi connectivity index (χ1) is 30.3. The maximum atomic E-state index is 10.8. The molecule has 11 nitrogen and oxygen atoms in total. The minimum atomic E-state index is -1.08. The van der Waals surface area contributed by atoms with Crippen molar-refractivity contribution in [3.8, 4) is 74.3 Å². The molecule has 0 saturated heterocycles. The summed E-state index contributed by atoms with van der Waals surface area (Å²) < 4.78 is 11.1. The smallest absolute Gasteiger partial charge is 0.208 e. The summed E-state index contributed by atoms with van der Waals surface area (Å²) in [5.74, 6) is -4.88. The van der Waals surface area contributed by atoms with Crippen LogP contribution >= 0.6 is 0 Å². The standard InChI is InChI=1S/C51H31N5O6/c57-44-43(45(58)47(60)48(61)46(44)59)51-53-49(27-11-2-1-3-12-27)52-50(54-51)28-21-23-32-34-26-29(22-24-40(34)62-41(32)25-28)55-37-18-9-6-15-33(37)42-38(55)19-10-20-39(42)56-35-16-7-4-13-30(35)31-14-5-8-17-36(31)56/h1-26,57-61H. The summed E-state index contributed by atoms with van der Waals surface area (Å²) in [6, 6.07) is 52.9. The third-order valence-electron chi connectivity index (χ3n) is 11.7. The molecule has 296 valence electrons. The van der Waals surface area contributed by atoms with Crippen LogP contribution in [0.15, 0.2) is 162 Å². The summed E-state index contributed by atoms with van der Waals surface area (Å²) >= 11 is 0. The lowest BCUT2D eigenvalue weighted by atomic mass is 10.1. The fraction of sp³-hybridized carbons (Fsp3) is 0. The number of fused-ring (bicyclic) bond motifs is 9. The lowest BCUT2D eigenvalue weighted by Gasteiger charge is -2.13. The van der Waals surface area contributed by atoms with Crippen LogP contribution in [0.1, 0.15) is 0 Å². The molecule has 0 radical (unpaired) electrons. The van der Waals surface area contributed by atoms with E-state index in [1.54, 1.807) is 12.1 Å². The van der Waals surface area contributed by atoms with Gasteiger partial charge in [0, 0.05) is 49.1 Å². The zero-order valence-corrected chi connectivity index (χ0v) is 32.4. The average molecular weight is 810 g/mol. The summed E-state index contributed by atoms with van der Waals surface area (Å²) in [7, 11) is 0. The largest absolute Gasteiger partial charge is 0.504 e. The van der Waals surface area contributed by atoms with Gasteiger partial charge in [0.05, 0.1) is 27.8 Å². The highest BCUT2D eigenvalue weighted by molar-refractivity contribution is 6.17. The summed E-state index contributed by atoms with van der Waals surface area (Å²) in [5.41, 5.74) is 8.37. The maximum Gasteiger partial charge on any atom is 0.208 e. The molecule has 0 aliphatic rings. The topological polar surface area (TPSA) is 163 Å². The van der Waals surface area contributed by atoms with Crippen molar-refractivity contribution in [3.05, 3.63) is 158 Å². The van der Waals surface area contributed by atoms with Crippen LogP contribution in [-0.4, -0.2) is 49.6 Å². The molecule has 62 heavy (non-hydrogen) atoms. The Morgan fingerprint density at radius 1 is 0.371 bits per heavy atom. The Hall–Kier alpha value is -8.83. The Labute approximate surface area is 350 Å². The van der Waals surface area contributed by atoms with Crippen molar-refractivity contribution in [2.24, 2.45) is 0 Å². The number of hydrogen-bond donors (Lipinski definition) is 5. The molecule has 4 heterocycles. The fourth-order valence-corrected chi connectivity index (χ4v) is 8.92. The van der Waals surface area contributed by atoms with Crippen molar-refractivity contribution >= 4 is 65.6 Å². The van der Waals surface area contributed by atoms with Crippen molar-refractivity contribution in [1.82, 2.24) is 24.1 Å². The predicted octanol–water partition coefficient (Wildman–Crippen LogP) is 11.5. The first kappa shape index (κ1) is 35.1. The van der Waals surface area contributed by atoms with Crippen LogP contribution in [0.4, 0.5) is 0 Å². The van der Waals surface area contributed by atoms with Gasteiger partial charge in [-0.2, -0.15) is 0 Å². The normalized spacial score (nSPS) is 11.9. The van der Waals surface area contributed by atoms with Crippen LogP contribution in [-0.2, 0) is 0 Å². The number of benzene rings is 8. The molecular weight excluding hydrogens is 779 g/mol. The highest BCUT2D eigenvalue weighted by Gasteiger charge is 2.28. The zero-order valence-electron chi connectivity index (χ0n) is 32.4. The van der Waals surface area contributed by atoms with E-state index in [9.17, 15) is 25.5 Å². The third kappa shape index (κ3) is 5.02. The van der Waals surface area contributed by atoms with Gasteiger partial charge in [0.2, 0.25) is 17.2 Å². The molecule has 0 bridgehead atoms. The zero-order chi connectivity index (χ0) is 41.8. The van der Waals surface area contributed by atoms with Gasteiger partial charge >= 0.3 is 0 Å². The second-order valence-corrected chi connectivity index (χ2v) is 15.2. The molecule has 12 aromatic rings. The van der Waals surface area contributed by atoms with Gasteiger partial charge in [0.1, 0.15) is 16.7 Å². The van der Waals surface area contributed by atoms with Crippen molar-refractivity contribution in [1.29, 1.82) is 0 Å². The molecule has 0 aliphatic heterocycles. The number of phenolic OH excluding ortho intramolecular Hbond substituents is 5. The van der Waals surface area contributed by atoms with Crippen molar-refractivity contribution in [2.75, 3.05) is 0 Å². The number of hydrogen-bond acceptors (Lipinski definition) is 9. The molecule has 11 heteroatoms. The molecule has 0 spiro atoms. The number of para-hydroxylation sites is 3. The van der Waals surface area contributed by atoms with Gasteiger partial charge in [-0.15, -0.1) is 0 Å². The van der Waals surface area contributed by atoms with Gasteiger partial charge in [-0.05, 0) is 60.7 Å². The Kier molecular flexibility index (Phi) is 7.42. The molecule has 0 saturated carbocycles. The number of phenols is 5. The van der Waals surface area contributed by atoms with Gasteiger partial charge in [0.15, 0.2) is 29.0 Å². The van der Waals surface area contributed by atoms with Crippen molar-refractivity contribution in [3.63, 3.8) is 0 Å². The van der Waals surface area contributed by atoms with Crippen LogP contribution in [0.3, 0.4) is 0 Å². The Bertz CT molecular complexity index is 3750. The van der Waals surface area contributed by atoms with Gasteiger partial charge in [0.25, 0.3) is 0 Å². The molecule has 12 rings (SSSR count). The van der Waals surface area contributed by atoms with E-state index in [1.165, 1.54) is 10.8 Å². The third-order valence-corrected chi connectivity index (χ3v) is 11.7. The fourth-order valence-electron chi connectivity index (χ4n) is 8.92. The van der Waals surface area contributed by atoms with Crippen molar-refractivity contribution in [2.45, 2.75) is 0 Å². The minimum absolute atomic E-state index is 0.159. The second kappa shape index (κ2) is 13.1. The number of aromatic nitrogens is 5. The lowest BCUT2D eigenvalue weighted by Crippen LogP contribution is -2.00. The Balaban J connectivity index is 1.02. The van der Waals surface area contributed by atoms with E-state index in [0.29, 0.717) is 22.3 Å².